The number of halogens is 1. The van der Waals surface area contributed by atoms with Crippen molar-refractivity contribution in [3.05, 3.63) is 50.1 Å². The van der Waals surface area contributed by atoms with Crippen LogP contribution in [0, 0.1) is 6.92 Å². The maximum absolute atomic E-state index is 12.1. The number of ether oxygens (including phenoxy) is 1. The summed E-state index contributed by atoms with van der Waals surface area (Å²) in [5.41, 5.74) is 1.73. The zero-order valence-corrected chi connectivity index (χ0v) is 12.6. The van der Waals surface area contributed by atoms with E-state index in [-0.39, 0.29) is 5.78 Å². The molecule has 2 nitrogen and oxygen atoms in total. The van der Waals surface area contributed by atoms with Crippen molar-refractivity contribution in [2.24, 2.45) is 0 Å². The molecule has 0 aliphatic rings. The van der Waals surface area contributed by atoms with Crippen molar-refractivity contribution in [2.45, 2.75) is 13.3 Å². The van der Waals surface area contributed by atoms with E-state index >= 15 is 0 Å². The fraction of sp³-hybridized carbons (Fsp3) is 0.214. The van der Waals surface area contributed by atoms with Crippen molar-refractivity contribution < 1.29 is 9.53 Å². The zero-order valence-electron chi connectivity index (χ0n) is 10.2. The number of rotatable bonds is 4. The summed E-state index contributed by atoms with van der Waals surface area (Å²) in [7, 11) is 1.62. The molecule has 2 rings (SSSR count). The summed E-state index contributed by atoms with van der Waals surface area (Å²) in [4.78, 5) is 13.2. The minimum atomic E-state index is 0.114. The molecule has 4 heteroatoms. The summed E-state index contributed by atoms with van der Waals surface area (Å²) in [6.07, 6.45) is 0.433. The number of carbonyl (C=O) groups is 1. The molecule has 94 valence electrons. The average molecular weight is 325 g/mol. The van der Waals surface area contributed by atoms with Crippen LogP contribution in [0.2, 0.25) is 0 Å². The summed E-state index contributed by atoms with van der Waals surface area (Å²) >= 11 is 4.99. The van der Waals surface area contributed by atoms with E-state index in [1.54, 1.807) is 24.5 Å². The highest BCUT2D eigenvalue weighted by Crippen LogP contribution is 2.24. The first-order valence-electron chi connectivity index (χ1n) is 5.52. The summed E-state index contributed by atoms with van der Waals surface area (Å²) in [6.45, 7) is 1.96. The largest absolute Gasteiger partial charge is 0.496 e. The molecular weight excluding hydrogens is 312 g/mol. The topological polar surface area (TPSA) is 26.3 Å². The van der Waals surface area contributed by atoms with Crippen molar-refractivity contribution in [3.63, 3.8) is 0 Å². The number of methoxy groups -OCH3 is 1. The summed E-state index contributed by atoms with van der Waals surface area (Å²) in [5.74, 6) is 0.871. The van der Waals surface area contributed by atoms with Gasteiger partial charge in [-0.25, -0.2) is 0 Å². The Hall–Kier alpha value is -1.13. The van der Waals surface area contributed by atoms with Crippen LogP contribution >= 0.6 is 27.3 Å². The standard InChI is InChI=1S/C14H13BrO2S/c1-9-3-4-10(7-13(9)17-2)12(16)8-11-5-6-14(15)18-11/h3-7H,8H2,1-2H3. The van der Waals surface area contributed by atoms with Gasteiger partial charge in [0.25, 0.3) is 0 Å². The number of aryl methyl sites for hydroxylation is 1. The van der Waals surface area contributed by atoms with Gasteiger partial charge in [0.05, 0.1) is 10.9 Å². The fourth-order valence-electron chi connectivity index (χ4n) is 1.70. The molecule has 0 atom stereocenters. The van der Waals surface area contributed by atoms with Gasteiger partial charge in [0.15, 0.2) is 5.78 Å². The van der Waals surface area contributed by atoms with E-state index in [0.717, 1.165) is 20.0 Å². The SMILES string of the molecule is COc1cc(C(=O)Cc2ccc(Br)s2)ccc1C. The maximum Gasteiger partial charge on any atom is 0.168 e. The molecule has 18 heavy (non-hydrogen) atoms. The molecule has 0 bridgehead atoms. The Bertz CT molecular complexity index is 575. The number of ketones is 1. The van der Waals surface area contributed by atoms with Crippen LogP contribution in [0.15, 0.2) is 34.1 Å². The third-order valence-corrected chi connectivity index (χ3v) is 4.32. The summed E-state index contributed by atoms with van der Waals surface area (Å²) < 4.78 is 6.28. The number of hydrogen-bond donors (Lipinski definition) is 0. The molecule has 0 amide bonds. The van der Waals surface area contributed by atoms with Gasteiger partial charge in [-0.3, -0.25) is 4.79 Å². The minimum absolute atomic E-state index is 0.114. The molecule has 0 saturated carbocycles. The monoisotopic (exact) mass is 324 g/mol. The molecule has 1 aromatic carbocycles. The van der Waals surface area contributed by atoms with Gasteiger partial charge in [-0.2, -0.15) is 0 Å². The molecule has 0 spiro atoms. The molecule has 2 aromatic rings. The number of benzene rings is 1. The number of thiophene rings is 1. The van der Waals surface area contributed by atoms with Crippen LogP contribution in [-0.2, 0) is 6.42 Å². The van der Waals surface area contributed by atoms with Crippen molar-refractivity contribution >= 4 is 33.0 Å². The highest BCUT2D eigenvalue weighted by atomic mass is 79.9. The number of carbonyl (C=O) groups excluding carboxylic acids is 1. The van der Waals surface area contributed by atoms with Crippen LogP contribution < -0.4 is 4.74 Å². The quantitative estimate of drug-likeness (QED) is 0.786. The molecule has 0 aliphatic carbocycles. The Labute approximate surface area is 119 Å². The Morgan fingerprint density at radius 2 is 2.11 bits per heavy atom. The van der Waals surface area contributed by atoms with E-state index in [4.69, 9.17) is 4.74 Å². The summed E-state index contributed by atoms with van der Waals surface area (Å²) in [5, 5.41) is 0. The second-order valence-electron chi connectivity index (χ2n) is 3.99. The Kier molecular flexibility index (Phi) is 4.19. The summed E-state index contributed by atoms with van der Waals surface area (Å²) in [6, 6.07) is 9.50. The fourth-order valence-corrected chi connectivity index (χ4v) is 3.18. The molecule has 0 radical (unpaired) electrons. The molecular formula is C14H13BrO2S. The highest BCUT2D eigenvalue weighted by Gasteiger charge is 2.10. The van der Waals surface area contributed by atoms with Crippen molar-refractivity contribution in [1.29, 1.82) is 0 Å². The van der Waals surface area contributed by atoms with Gasteiger partial charge < -0.3 is 4.74 Å². The van der Waals surface area contributed by atoms with Gasteiger partial charge in [-0.05, 0) is 46.6 Å². The van der Waals surface area contributed by atoms with E-state index in [1.165, 1.54) is 0 Å². The Morgan fingerprint density at radius 3 is 2.72 bits per heavy atom. The molecule has 0 saturated heterocycles. The Balaban J connectivity index is 2.18. The van der Waals surface area contributed by atoms with E-state index in [0.29, 0.717) is 12.0 Å². The van der Waals surface area contributed by atoms with Gasteiger partial charge in [0, 0.05) is 16.9 Å². The average Bonchev–Trinajstić information content (AvgIpc) is 2.75. The van der Waals surface area contributed by atoms with Crippen molar-refractivity contribution in [2.75, 3.05) is 7.11 Å². The first-order valence-corrected chi connectivity index (χ1v) is 7.13. The van der Waals surface area contributed by atoms with Crippen molar-refractivity contribution in [1.82, 2.24) is 0 Å². The lowest BCUT2D eigenvalue weighted by Gasteiger charge is -2.06. The maximum atomic E-state index is 12.1. The van der Waals surface area contributed by atoms with Gasteiger partial charge in [0.1, 0.15) is 5.75 Å². The minimum Gasteiger partial charge on any atom is -0.496 e. The third-order valence-electron chi connectivity index (χ3n) is 2.69. The normalized spacial score (nSPS) is 10.4. The van der Waals surface area contributed by atoms with Crippen LogP contribution in [-0.4, -0.2) is 12.9 Å². The molecule has 1 aromatic heterocycles. The lowest BCUT2D eigenvalue weighted by molar-refractivity contribution is 0.0993. The highest BCUT2D eigenvalue weighted by molar-refractivity contribution is 9.11. The first kappa shape index (κ1) is 13.3. The second-order valence-corrected chi connectivity index (χ2v) is 6.54. The van der Waals surface area contributed by atoms with Gasteiger partial charge in [-0.1, -0.05) is 12.1 Å². The van der Waals surface area contributed by atoms with Crippen LogP contribution in [0.25, 0.3) is 0 Å². The molecule has 0 N–H and O–H groups in total. The Morgan fingerprint density at radius 1 is 1.33 bits per heavy atom. The van der Waals surface area contributed by atoms with E-state index in [2.05, 4.69) is 15.9 Å². The van der Waals surface area contributed by atoms with Gasteiger partial charge >= 0.3 is 0 Å². The van der Waals surface area contributed by atoms with Crippen LogP contribution in [0.1, 0.15) is 20.8 Å². The first-order chi connectivity index (χ1) is 8.60. The third kappa shape index (κ3) is 3.00. The number of hydrogen-bond acceptors (Lipinski definition) is 3. The smallest absolute Gasteiger partial charge is 0.168 e. The lowest BCUT2D eigenvalue weighted by Crippen LogP contribution is -2.03. The second kappa shape index (κ2) is 5.67. The predicted octanol–water partition coefficient (Wildman–Crippen LogP) is 4.25. The molecule has 1 heterocycles. The van der Waals surface area contributed by atoms with E-state index < -0.39 is 0 Å². The van der Waals surface area contributed by atoms with Crippen LogP contribution in [0.3, 0.4) is 0 Å². The lowest BCUT2D eigenvalue weighted by atomic mass is 10.1. The van der Waals surface area contributed by atoms with Gasteiger partial charge in [0.2, 0.25) is 0 Å². The zero-order chi connectivity index (χ0) is 13.1. The molecule has 0 fully saturated rings. The van der Waals surface area contributed by atoms with E-state index in [9.17, 15) is 4.79 Å². The molecule has 0 unspecified atom stereocenters. The van der Waals surface area contributed by atoms with Crippen LogP contribution in [0.4, 0.5) is 0 Å². The van der Waals surface area contributed by atoms with Gasteiger partial charge in [-0.15, -0.1) is 11.3 Å². The van der Waals surface area contributed by atoms with E-state index in [1.807, 2.05) is 31.2 Å². The number of Topliss-reactive ketones (excluding diaryl/α,β-unsaturated/α-hetero) is 1. The van der Waals surface area contributed by atoms with Crippen molar-refractivity contribution in [3.8, 4) is 5.75 Å². The predicted molar refractivity (Wildman–Crippen MR) is 77.8 cm³/mol. The molecule has 0 aliphatic heterocycles. The van der Waals surface area contributed by atoms with Crippen LogP contribution in [0.5, 0.6) is 5.75 Å².